The molecule has 1 saturated carbocycles. The topological polar surface area (TPSA) is 101 Å². The van der Waals surface area contributed by atoms with Crippen LogP contribution >= 0.6 is 0 Å². The first-order chi connectivity index (χ1) is 15.8. The van der Waals surface area contributed by atoms with Crippen LogP contribution < -0.4 is 10.7 Å². The quantitative estimate of drug-likeness (QED) is 0.733. The zero-order valence-corrected chi connectivity index (χ0v) is 17.7. The maximum Gasteiger partial charge on any atom is 0.276 e. The van der Waals surface area contributed by atoms with Crippen molar-refractivity contribution in [2.24, 2.45) is 5.92 Å². The lowest BCUT2D eigenvalue weighted by Crippen LogP contribution is -2.59. The number of pyridine rings is 1. The molecule has 10 heteroatoms. The lowest BCUT2D eigenvalue weighted by molar-refractivity contribution is -0.169. The standard InChI is InChI=1S/C23H23F2N3O5/c24-14-6-5-12(16(25)7-14)8-26-22(31)15-10-27-11-18-28(23(32)19(27)21(30)20(15)29)9-13-3-1-2-4-17(13)33-18/h5-7,10,13,17-18,30H,1-4,8-9,11H2,(H,26,31)/t13-,17-,18?/m1/s1. The summed E-state index contributed by atoms with van der Waals surface area (Å²) in [5.74, 6) is -3.50. The van der Waals surface area contributed by atoms with Gasteiger partial charge in [0.15, 0.2) is 17.7 Å². The summed E-state index contributed by atoms with van der Waals surface area (Å²) in [5, 5.41) is 12.9. The fourth-order valence-electron chi connectivity index (χ4n) is 4.98. The van der Waals surface area contributed by atoms with Gasteiger partial charge >= 0.3 is 0 Å². The summed E-state index contributed by atoms with van der Waals surface area (Å²) in [6.07, 6.45) is 4.79. The highest BCUT2D eigenvalue weighted by Crippen LogP contribution is 2.36. The molecule has 3 heterocycles. The highest BCUT2D eigenvalue weighted by molar-refractivity contribution is 5.99. The molecule has 8 nitrogen and oxygen atoms in total. The van der Waals surface area contributed by atoms with Crippen LogP contribution in [0.4, 0.5) is 8.78 Å². The molecule has 0 spiro atoms. The molecule has 1 aromatic carbocycles. The van der Waals surface area contributed by atoms with E-state index in [0.717, 1.165) is 31.7 Å². The van der Waals surface area contributed by atoms with Crippen LogP contribution in [0.1, 0.15) is 52.1 Å². The third-order valence-electron chi connectivity index (χ3n) is 6.72. The van der Waals surface area contributed by atoms with E-state index in [9.17, 15) is 28.3 Å². The van der Waals surface area contributed by atoms with Gasteiger partial charge in [0.05, 0.1) is 12.6 Å². The Hall–Kier alpha value is -3.27. The number of aromatic hydroxyl groups is 1. The van der Waals surface area contributed by atoms with Gasteiger partial charge in [-0.05, 0) is 18.9 Å². The number of hydrogen-bond acceptors (Lipinski definition) is 5. The van der Waals surface area contributed by atoms with Crippen molar-refractivity contribution in [3.8, 4) is 5.75 Å². The number of benzene rings is 1. The Morgan fingerprint density at radius 2 is 1.97 bits per heavy atom. The first-order valence-corrected chi connectivity index (χ1v) is 11.0. The van der Waals surface area contributed by atoms with E-state index in [2.05, 4.69) is 5.32 Å². The Balaban J connectivity index is 1.40. The van der Waals surface area contributed by atoms with E-state index in [1.54, 1.807) is 4.90 Å². The minimum absolute atomic E-state index is 0.0375. The van der Waals surface area contributed by atoms with Crippen LogP contribution in [0.15, 0.2) is 29.2 Å². The number of halogens is 2. The summed E-state index contributed by atoms with van der Waals surface area (Å²) in [6, 6.07) is 2.94. The van der Waals surface area contributed by atoms with Crippen LogP contribution in [0.2, 0.25) is 0 Å². The number of amides is 2. The van der Waals surface area contributed by atoms with Crippen molar-refractivity contribution in [1.82, 2.24) is 14.8 Å². The van der Waals surface area contributed by atoms with Gasteiger partial charge < -0.3 is 24.6 Å². The summed E-state index contributed by atoms with van der Waals surface area (Å²) in [6.45, 7) is 0.396. The molecule has 1 aliphatic carbocycles. The molecule has 174 valence electrons. The average molecular weight is 459 g/mol. The second kappa shape index (κ2) is 8.26. The van der Waals surface area contributed by atoms with Crippen molar-refractivity contribution in [3.63, 3.8) is 0 Å². The summed E-state index contributed by atoms with van der Waals surface area (Å²) < 4.78 is 34.5. The fraction of sp³-hybridized carbons (Fsp3) is 0.435. The Kier molecular flexibility index (Phi) is 5.40. The summed E-state index contributed by atoms with van der Waals surface area (Å²) in [4.78, 5) is 40.0. The van der Waals surface area contributed by atoms with E-state index < -0.39 is 40.9 Å². The molecule has 3 aliphatic rings. The van der Waals surface area contributed by atoms with Crippen molar-refractivity contribution in [2.75, 3.05) is 6.54 Å². The van der Waals surface area contributed by atoms with Crippen LogP contribution in [-0.4, -0.2) is 45.3 Å². The number of ether oxygens (including phenoxy) is 1. The molecular formula is C23H23F2N3O5. The average Bonchev–Trinajstić information content (AvgIpc) is 2.79. The summed E-state index contributed by atoms with van der Waals surface area (Å²) in [7, 11) is 0. The second-order valence-electron chi connectivity index (χ2n) is 8.77. The molecule has 1 aromatic heterocycles. The van der Waals surface area contributed by atoms with Gasteiger partial charge in [-0.1, -0.05) is 18.9 Å². The molecule has 1 saturated heterocycles. The van der Waals surface area contributed by atoms with E-state index in [-0.39, 0.29) is 41.9 Å². The first-order valence-electron chi connectivity index (χ1n) is 11.0. The van der Waals surface area contributed by atoms with Crippen molar-refractivity contribution >= 4 is 11.8 Å². The van der Waals surface area contributed by atoms with Crippen LogP contribution in [0, 0.1) is 17.6 Å². The lowest BCUT2D eigenvalue weighted by atomic mass is 9.84. The maximum atomic E-state index is 13.8. The van der Waals surface area contributed by atoms with E-state index >= 15 is 0 Å². The van der Waals surface area contributed by atoms with E-state index in [1.165, 1.54) is 16.8 Å². The molecule has 3 atom stereocenters. The SMILES string of the molecule is O=C(NCc1ccc(F)cc1F)c1cn2c(c(O)c1=O)C(=O)N1C[C@H]3CCCC[C@H]3OC1C2. The van der Waals surface area contributed by atoms with E-state index in [1.807, 2.05) is 0 Å². The smallest absolute Gasteiger partial charge is 0.276 e. The molecule has 1 unspecified atom stereocenters. The molecule has 2 N–H and O–H groups in total. The van der Waals surface area contributed by atoms with Crippen molar-refractivity contribution in [2.45, 2.75) is 51.1 Å². The number of nitrogens with zero attached hydrogens (tertiary/aromatic N) is 2. The van der Waals surface area contributed by atoms with Gasteiger partial charge in [-0.25, -0.2) is 8.78 Å². The highest BCUT2D eigenvalue weighted by Gasteiger charge is 2.44. The lowest BCUT2D eigenvalue weighted by Gasteiger charge is -2.48. The third kappa shape index (κ3) is 3.78. The summed E-state index contributed by atoms with van der Waals surface area (Å²) in [5.41, 5.74) is -1.50. The van der Waals surface area contributed by atoms with Crippen molar-refractivity contribution in [3.05, 3.63) is 63.1 Å². The molecule has 2 aliphatic heterocycles. The molecule has 0 bridgehead atoms. The maximum absolute atomic E-state index is 13.8. The minimum atomic E-state index is -0.987. The first kappa shape index (κ1) is 21.6. The number of aromatic nitrogens is 1. The van der Waals surface area contributed by atoms with Gasteiger partial charge in [0.25, 0.3) is 11.8 Å². The van der Waals surface area contributed by atoms with Gasteiger partial charge in [0.2, 0.25) is 5.43 Å². The van der Waals surface area contributed by atoms with Gasteiger partial charge in [0.1, 0.15) is 17.2 Å². The van der Waals surface area contributed by atoms with Gasteiger partial charge in [-0.15, -0.1) is 0 Å². The Labute approximate surface area is 187 Å². The summed E-state index contributed by atoms with van der Waals surface area (Å²) >= 11 is 0. The van der Waals surface area contributed by atoms with Gasteiger partial charge in [-0.3, -0.25) is 14.4 Å². The van der Waals surface area contributed by atoms with Crippen LogP contribution in [0.25, 0.3) is 0 Å². The van der Waals surface area contributed by atoms with Crippen LogP contribution in [-0.2, 0) is 17.8 Å². The number of carbonyl (C=O) groups is 2. The van der Waals surface area contributed by atoms with Crippen molar-refractivity contribution in [1.29, 1.82) is 0 Å². The molecule has 33 heavy (non-hydrogen) atoms. The van der Waals surface area contributed by atoms with Gasteiger partial charge in [0, 0.05) is 36.8 Å². The molecular weight excluding hydrogens is 436 g/mol. The van der Waals surface area contributed by atoms with Crippen LogP contribution in [0.3, 0.4) is 0 Å². The minimum Gasteiger partial charge on any atom is -0.503 e. The zero-order valence-electron chi connectivity index (χ0n) is 17.7. The van der Waals surface area contributed by atoms with Crippen LogP contribution in [0.5, 0.6) is 5.75 Å². The number of carbonyl (C=O) groups excluding carboxylic acids is 2. The molecule has 5 rings (SSSR count). The molecule has 0 radical (unpaired) electrons. The number of nitrogens with one attached hydrogen (secondary N) is 1. The molecule has 2 aromatic rings. The monoisotopic (exact) mass is 459 g/mol. The Morgan fingerprint density at radius 1 is 1.18 bits per heavy atom. The second-order valence-corrected chi connectivity index (χ2v) is 8.77. The Bertz CT molecular complexity index is 1200. The normalized spacial score (nSPS) is 24.0. The fourth-order valence-corrected chi connectivity index (χ4v) is 4.98. The van der Waals surface area contributed by atoms with E-state index in [4.69, 9.17) is 4.74 Å². The number of fused-ring (bicyclic) bond motifs is 3. The predicted molar refractivity (Wildman–Crippen MR) is 112 cm³/mol. The highest BCUT2D eigenvalue weighted by atomic mass is 19.1. The molecule has 2 fully saturated rings. The third-order valence-corrected chi connectivity index (χ3v) is 6.72. The zero-order chi connectivity index (χ0) is 23.3. The largest absolute Gasteiger partial charge is 0.503 e. The predicted octanol–water partition coefficient (Wildman–Crippen LogP) is 2.13. The van der Waals surface area contributed by atoms with Crippen molar-refractivity contribution < 1.29 is 28.2 Å². The number of rotatable bonds is 3. The Morgan fingerprint density at radius 3 is 2.76 bits per heavy atom. The molecule has 2 amide bonds. The number of hydrogen-bond donors (Lipinski definition) is 2. The van der Waals surface area contributed by atoms with E-state index in [0.29, 0.717) is 12.6 Å². The van der Waals surface area contributed by atoms with Gasteiger partial charge in [-0.2, -0.15) is 0 Å².